The van der Waals surface area contributed by atoms with E-state index < -0.39 is 31.7 Å². The van der Waals surface area contributed by atoms with Crippen molar-refractivity contribution in [3.63, 3.8) is 0 Å². The third kappa shape index (κ3) is 3.80. The van der Waals surface area contributed by atoms with Crippen LogP contribution in [0.2, 0.25) is 0 Å². The first kappa shape index (κ1) is 14.2. The van der Waals surface area contributed by atoms with Gasteiger partial charge < -0.3 is 19.4 Å². The number of carbonyl (C=O) groups excluding carboxylic acids is 1. The molecule has 0 aromatic rings. The van der Waals surface area contributed by atoms with E-state index in [-0.39, 0.29) is 6.61 Å². The Bertz CT molecular complexity index is 357. The summed E-state index contributed by atoms with van der Waals surface area (Å²) < 4.78 is 16.0. The lowest BCUT2D eigenvalue weighted by molar-refractivity contribution is -0.147. The van der Waals surface area contributed by atoms with Crippen LogP contribution in [-0.4, -0.2) is 52.1 Å². The molecule has 8 heteroatoms. The van der Waals surface area contributed by atoms with Crippen molar-refractivity contribution in [2.45, 2.75) is 25.8 Å². The van der Waals surface area contributed by atoms with Crippen LogP contribution < -0.4 is 0 Å². The van der Waals surface area contributed by atoms with Crippen LogP contribution in [0.3, 0.4) is 0 Å². The van der Waals surface area contributed by atoms with E-state index in [0.29, 0.717) is 19.4 Å². The molecule has 0 aromatic heterocycles. The molecule has 1 rings (SSSR count). The summed E-state index contributed by atoms with van der Waals surface area (Å²) >= 11 is 0. The maximum Gasteiger partial charge on any atom is 0.337 e. The third-order valence-electron chi connectivity index (χ3n) is 2.52. The zero-order valence-corrected chi connectivity index (χ0v) is 10.4. The van der Waals surface area contributed by atoms with Crippen LogP contribution in [0.15, 0.2) is 0 Å². The van der Waals surface area contributed by atoms with E-state index in [9.17, 15) is 19.0 Å². The molecule has 1 unspecified atom stereocenters. The summed E-state index contributed by atoms with van der Waals surface area (Å²) in [6.07, 6.45) is 0.309. The highest BCUT2D eigenvalue weighted by molar-refractivity contribution is 7.53. The highest BCUT2D eigenvalue weighted by atomic mass is 31.2. The van der Waals surface area contributed by atoms with Gasteiger partial charge in [0.1, 0.15) is 12.2 Å². The summed E-state index contributed by atoms with van der Waals surface area (Å²) in [5.41, 5.74) is 0. The number of nitrogens with zero attached hydrogens (tertiary/aromatic N) is 1. The van der Waals surface area contributed by atoms with E-state index in [1.165, 1.54) is 0 Å². The molecule has 7 nitrogen and oxygen atoms in total. The van der Waals surface area contributed by atoms with Gasteiger partial charge in [-0.25, -0.2) is 4.79 Å². The molecular formula is C9H16NO6P. The summed E-state index contributed by atoms with van der Waals surface area (Å²) in [5, 5.41) is 8.88. The van der Waals surface area contributed by atoms with Gasteiger partial charge >= 0.3 is 13.6 Å². The van der Waals surface area contributed by atoms with Crippen molar-refractivity contribution in [1.29, 1.82) is 0 Å². The minimum atomic E-state index is -3.94. The Balaban J connectivity index is 2.64. The first-order valence-electron chi connectivity index (χ1n) is 5.36. The standard InChI is InChI=1S/C9H16NO6P/c1-2-16-17(14,15)6-8(11)10-5-3-4-7(10)9(12)13/h7H,2-6H2,1H3,(H,12,13)(H,14,15)/t7-/m0/s1. The summed E-state index contributed by atoms with van der Waals surface area (Å²) in [4.78, 5) is 33.0. The van der Waals surface area contributed by atoms with Crippen molar-refractivity contribution in [2.24, 2.45) is 0 Å². The quantitative estimate of drug-likeness (QED) is 0.692. The Morgan fingerprint density at radius 2 is 2.18 bits per heavy atom. The van der Waals surface area contributed by atoms with Gasteiger partial charge in [-0.15, -0.1) is 0 Å². The number of aliphatic carboxylic acids is 1. The van der Waals surface area contributed by atoms with E-state index in [0.717, 1.165) is 4.90 Å². The normalized spacial score (nSPS) is 23.4. The minimum Gasteiger partial charge on any atom is -0.480 e. The first-order valence-corrected chi connectivity index (χ1v) is 7.12. The summed E-state index contributed by atoms with van der Waals surface area (Å²) in [5.74, 6) is -1.73. The largest absolute Gasteiger partial charge is 0.480 e. The molecule has 1 aliphatic rings. The smallest absolute Gasteiger partial charge is 0.337 e. The van der Waals surface area contributed by atoms with Gasteiger partial charge in [0.25, 0.3) is 0 Å². The number of likely N-dealkylation sites (tertiary alicyclic amines) is 1. The molecule has 0 aromatic carbocycles. The molecule has 0 saturated carbocycles. The predicted molar refractivity (Wildman–Crippen MR) is 58.7 cm³/mol. The highest BCUT2D eigenvalue weighted by Gasteiger charge is 2.36. The van der Waals surface area contributed by atoms with Gasteiger partial charge in [0.15, 0.2) is 0 Å². The van der Waals surface area contributed by atoms with Gasteiger partial charge in [0.05, 0.1) is 6.61 Å². The molecule has 1 amide bonds. The molecule has 2 atom stereocenters. The molecule has 1 aliphatic heterocycles. The number of carbonyl (C=O) groups is 2. The predicted octanol–water partition coefficient (Wildman–Crippen LogP) is 0.284. The van der Waals surface area contributed by atoms with Gasteiger partial charge in [0.2, 0.25) is 5.91 Å². The fraction of sp³-hybridized carbons (Fsp3) is 0.778. The Labute approximate surface area is 98.9 Å². The van der Waals surface area contributed by atoms with Crippen LogP contribution in [0.5, 0.6) is 0 Å². The van der Waals surface area contributed by atoms with Crippen molar-refractivity contribution in [2.75, 3.05) is 19.3 Å². The van der Waals surface area contributed by atoms with Gasteiger partial charge in [-0.3, -0.25) is 9.36 Å². The van der Waals surface area contributed by atoms with E-state index in [1.807, 2.05) is 0 Å². The SMILES string of the molecule is CCOP(=O)(O)CC(=O)N1CCC[C@H]1C(=O)O. The van der Waals surface area contributed by atoms with Crippen LogP contribution in [0, 0.1) is 0 Å². The molecule has 1 heterocycles. The molecule has 0 spiro atoms. The summed E-state index contributed by atoms with van der Waals surface area (Å²) in [6, 6.07) is -0.885. The van der Waals surface area contributed by atoms with Gasteiger partial charge in [-0.2, -0.15) is 0 Å². The third-order valence-corrected chi connectivity index (χ3v) is 3.86. The zero-order valence-electron chi connectivity index (χ0n) is 9.53. The maximum atomic E-state index is 11.7. The lowest BCUT2D eigenvalue weighted by Gasteiger charge is -2.22. The van der Waals surface area contributed by atoms with Crippen LogP contribution >= 0.6 is 7.60 Å². The first-order chi connectivity index (χ1) is 7.87. The maximum absolute atomic E-state index is 11.7. The molecule has 1 fully saturated rings. The molecule has 1 saturated heterocycles. The minimum absolute atomic E-state index is 0.0312. The monoisotopic (exact) mass is 265 g/mol. The van der Waals surface area contributed by atoms with Crippen molar-refractivity contribution >= 4 is 19.5 Å². The Morgan fingerprint density at radius 3 is 2.71 bits per heavy atom. The van der Waals surface area contributed by atoms with Crippen LogP contribution in [-0.2, 0) is 18.7 Å². The van der Waals surface area contributed by atoms with Gasteiger partial charge in [-0.1, -0.05) is 0 Å². The average Bonchev–Trinajstić information content (AvgIpc) is 2.64. The van der Waals surface area contributed by atoms with Crippen molar-refractivity contribution < 1.29 is 28.7 Å². The number of rotatable bonds is 5. The average molecular weight is 265 g/mol. The molecule has 0 aliphatic carbocycles. The van der Waals surface area contributed by atoms with Gasteiger partial charge in [-0.05, 0) is 19.8 Å². The number of carboxylic acid groups (broad SMARTS) is 1. The molecule has 0 radical (unpaired) electrons. The van der Waals surface area contributed by atoms with Crippen LogP contribution in [0.1, 0.15) is 19.8 Å². The van der Waals surface area contributed by atoms with E-state index in [4.69, 9.17) is 5.11 Å². The fourth-order valence-electron chi connectivity index (χ4n) is 1.83. The second-order valence-corrected chi connectivity index (χ2v) is 5.65. The topological polar surface area (TPSA) is 104 Å². The Kier molecular flexibility index (Phi) is 4.68. The number of hydrogen-bond acceptors (Lipinski definition) is 4. The molecular weight excluding hydrogens is 249 g/mol. The fourth-order valence-corrected chi connectivity index (χ4v) is 2.85. The molecule has 17 heavy (non-hydrogen) atoms. The lowest BCUT2D eigenvalue weighted by Crippen LogP contribution is -2.41. The van der Waals surface area contributed by atoms with E-state index in [1.54, 1.807) is 6.92 Å². The molecule has 98 valence electrons. The highest BCUT2D eigenvalue weighted by Crippen LogP contribution is 2.42. The van der Waals surface area contributed by atoms with Crippen molar-refractivity contribution in [3.05, 3.63) is 0 Å². The summed E-state index contributed by atoms with van der Waals surface area (Å²) in [6.45, 7) is 1.88. The van der Waals surface area contributed by atoms with E-state index >= 15 is 0 Å². The number of hydrogen-bond donors (Lipinski definition) is 2. The van der Waals surface area contributed by atoms with Crippen LogP contribution in [0.4, 0.5) is 0 Å². The van der Waals surface area contributed by atoms with Crippen molar-refractivity contribution in [1.82, 2.24) is 4.90 Å². The summed E-state index contributed by atoms with van der Waals surface area (Å²) in [7, 11) is -3.94. The van der Waals surface area contributed by atoms with E-state index in [2.05, 4.69) is 4.52 Å². The Morgan fingerprint density at radius 1 is 1.53 bits per heavy atom. The van der Waals surface area contributed by atoms with Gasteiger partial charge in [0, 0.05) is 6.54 Å². The van der Waals surface area contributed by atoms with Crippen LogP contribution in [0.25, 0.3) is 0 Å². The second-order valence-electron chi connectivity index (χ2n) is 3.80. The second kappa shape index (κ2) is 5.62. The number of carboxylic acids is 1. The molecule has 0 bridgehead atoms. The lowest BCUT2D eigenvalue weighted by atomic mass is 10.2. The number of amides is 1. The zero-order chi connectivity index (χ0) is 13.1. The Hall–Kier alpha value is -0.910. The molecule has 2 N–H and O–H groups in total. The van der Waals surface area contributed by atoms with Crippen molar-refractivity contribution in [3.8, 4) is 0 Å².